The van der Waals surface area contributed by atoms with Gasteiger partial charge >= 0.3 is 0 Å². The van der Waals surface area contributed by atoms with Gasteiger partial charge in [-0.3, -0.25) is 0 Å². The van der Waals surface area contributed by atoms with Crippen molar-refractivity contribution in [3.05, 3.63) is 36.9 Å². The third kappa shape index (κ3) is 5.21. The van der Waals surface area contributed by atoms with Gasteiger partial charge in [-0.2, -0.15) is 0 Å². The molecule has 2 N–H and O–H groups in total. The Morgan fingerprint density at radius 2 is 2.11 bits per heavy atom. The van der Waals surface area contributed by atoms with Crippen molar-refractivity contribution in [1.82, 2.24) is 5.32 Å². The molecule has 0 saturated heterocycles. The van der Waals surface area contributed by atoms with Gasteiger partial charge in [0, 0.05) is 6.54 Å². The van der Waals surface area contributed by atoms with E-state index in [4.69, 9.17) is 9.47 Å². The van der Waals surface area contributed by atoms with E-state index >= 15 is 0 Å². The highest BCUT2D eigenvalue weighted by Gasteiger charge is 2.07. The Morgan fingerprint density at radius 3 is 2.78 bits per heavy atom. The highest BCUT2D eigenvalue weighted by atomic mass is 16.5. The van der Waals surface area contributed by atoms with Crippen LogP contribution in [0.5, 0.6) is 11.5 Å². The van der Waals surface area contributed by atoms with Gasteiger partial charge in [0.25, 0.3) is 0 Å². The first kappa shape index (κ1) is 14.5. The molecule has 0 fully saturated rings. The minimum absolute atomic E-state index is 0.238. The lowest BCUT2D eigenvalue weighted by Gasteiger charge is -2.14. The van der Waals surface area contributed by atoms with Gasteiger partial charge in [0.2, 0.25) is 0 Å². The molecule has 0 spiro atoms. The maximum atomic E-state index is 9.72. The van der Waals surface area contributed by atoms with Gasteiger partial charge in [0.1, 0.15) is 12.7 Å². The van der Waals surface area contributed by atoms with Crippen molar-refractivity contribution in [2.24, 2.45) is 0 Å². The van der Waals surface area contributed by atoms with Crippen LogP contribution >= 0.6 is 0 Å². The van der Waals surface area contributed by atoms with Gasteiger partial charge in [0.15, 0.2) is 11.5 Å². The van der Waals surface area contributed by atoms with Crippen LogP contribution in [0.1, 0.15) is 6.42 Å². The van der Waals surface area contributed by atoms with E-state index in [1.807, 2.05) is 30.3 Å². The summed E-state index contributed by atoms with van der Waals surface area (Å²) in [5.41, 5.74) is 0. The zero-order chi connectivity index (χ0) is 13.2. The lowest BCUT2D eigenvalue weighted by molar-refractivity contribution is 0.105. The molecular weight excluding hydrogens is 230 g/mol. The maximum absolute atomic E-state index is 9.72. The summed E-state index contributed by atoms with van der Waals surface area (Å²) >= 11 is 0. The third-order valence-corrected chi connectivity index (χ3v) is 2.41. The van der Waals surface area contributed by atoms with Gasteiger partial charge in [-0.25, -0.2) is 0 Å². The Kier molecular flexibility index (Phi) is 6.91. The van der Waals surface area contributed by atoms with Crippen LogP contribution in [0.25, 0.3) is 0 Å². The number of hydrogen-bond donors (Lipinski definition) is 2. The second-order valence-electron chi connectivity index (χ2n) is 3.90. The standard InChI is InChI=1S/C14H21NO3/c1-3-4-9-15-10-12(16)11-18-14-8-6-5-7-13(14)17-2/h3,5-8,12,15-16H,1,4,9-11H2,2H3. The van der Waals surface area contributed by atoms with Gasteiger partial charge in [-0.1, -0.05) is 18.2 Å². The third-order valence-electron chi connectivity index (χ3n) is 2.41. The molecule has 0 aliphatic rings. The molecule has 4 heteroatoms. The molecule has 4 nitrogen and oxygen atoms in total. The molecule has 0 heterocycles. The van der Waals surface area contributed by atoms with Crippen molar-refractivity contribution in [2.75, 3.05) is 26.8 Å². The zero-order valence-corrected chi connectivity index (χ0v) is 10.8. The SMILES string of the molecule is C=CCCNCC(O)COc1ccccc1OC. The van der Waals surface area contributed by atoms with E-state index in [0.29, 0.717) is 18.0 Å². The number of para-hydroxylation sites is 2. The Hall–Kier alpha value is -1.52. The first-order valence-corrected chi connectivity index (χ1v) is 6.03. The average molecular weight is 251 g/mol. The quantitative estimate of drug-likeness (QED) is 0.517. The highest BCUT2D eigenvalue weighted by Crippen LogP contribution is 2.25. The predicted molar refractivity (Wildman–Crippen MR) is 72.2 cm³/mol. The summed E-state index contributed by atoms with van der Waals surface area (Å²) in [4.78, 5) is 0. The van der Waals surface area contributed by atoms with Crippen LogP contribution in [0.3, 0.4) is 0 Å². The van der Waals surface area contributed by atoms with Crippen molar-refractivity contribution >= 4 is 0 Å². The second kappa shape index (κ2) is 8.55. The molecule has 1 aromatic rings. The molecule has 1 rings (SSSR count). The fraction of sp³-hybridized carbons (Fsp3) is 0.429. The highest BCUT2D eigenvalue weighted by molar-refractivity contribution is 5.39. The van der Waals surface area contributed by atoms with Crippen LogP contribution in [0.2, 0.25) is 0 Å². The van der Waals surface area contributed by atoms with Crippen LogP contribution < -0.4 is 14.8 Å². The lowest BCUT2D eigenvalue weighted by atomic mass is 10.3. The van der Waals surface area contributed by atoms with Gasteiger partial charge in [-0.05, 0) is 25.1 Å². The van der Waals surface area contributed by atoms with Crippen LogP contribution in [0.4, 0.5) is 0 Å². The Balaban J connectivity index is 2.28. The zero-order valence-electron chi connectivity index (χ0n) is 10.8. The molecule has 0 saturated carbocycles. The molecule has 0 aliphatic heterocycles. The minimum Gasteiger partial charge on any atom is -0.493 e. The number of benzene rings is 1. The molecule has 1 atom stereocenters. The summed E-state index contributed by atoms with van der Waals surface area (Å²) in [5.74, 6) is 1.31. The van der Waals surface area contributed by atoms with Gasteiger partial charge in [0.05, 0.1) is 7.11 Å². The Bertz CT molecular complexity index is 355. The second-order valence-corrected chi connectivity index (χ2v) is 3.90. The number of hydrogen-bond acceptors (Lipinski definition) is 4. The Labute approximate surface area is 108 Å². The molecule has 0 aromatic heterocycles. The number of nitrogens with one attached hydrogen (secondary N) is 1. The van der Waals surface area contributed by atoms with Gasteiger partial charge in [-0.15, -0.1) is 6.58 Å². The molecular formula is C14H21NO3. The van der Waals surface area contributed by atoms with Crippen LogP contribution in [0.15, 0.2) is 36.9 Å². The molecule has 18 heavy (non-hydrogen) atoms. The monoisotopic (exact) mass is 251 g/mol. The Morgan fingerprint density at radius 1 is 1.39 bits per heavy atom. The lowest BCUT2D eigenvalue weighted by Crippen LogP contribution is -2.31. The number of rotatable bonds is 9. The normalized spacial score (nSPS) is 11.9. The van der Waals surface area contributed by atoms with Crippen molar-refractivity contribution in [2.45, 2.75) is 12.5 Å². The van der Waals surface area contributed by atoms with Crippen molar-refractivity contribution in [3.63, 3.8) is 0 Å². The number of ether oxygens (including phenoxy) is 2. The smallest absolute Gasteiger partial charge is 0.161 e. The van der Waals surface area contributed by atoms with E-state index in [1.165, 1.54) is 0 Å². The summed E-state index contributed by atoms with van der Waals surface area (Å²) in [6.07, 6.45) is 2.19. The maximum Gasteiger partial charge on any atom is 0.161 e. The fourth-order valence-electron chi connectivity index (χ4n) is 1.46. The summed E-state index contributed by atoms with van der Waals surface area (Å²) < 4.78 is 10.7. The van der Waals surface area contributed by atoms with Crippen molar-refractivity contribution < 1.29 is 14.6 Å². The molecule has 0 amide bonds. The molecule has 0 bridgehead atoms. The number of aliphatic hydroxyl groups is 1. The molecule has 1 aromatic carbocycles. The van der Waals surface area contributed by atoms with Crippen LogP contribution in [0, 0.1) is 0 Å². The van der Waals surface area contributed by atoms with E-state index in [2.05, 4.69) is 11.9 Å². The van der Waals surface area contributed by atoms with E-state index in [1.54, 1.807) is 7.11 Å². The summed E-state index contributed by atoms with van der Waals surface area (Å²) in [5, 5.41) is 12.8. The van der Waals surface area contributed by atoms with Crippen LogP contribution in [-0.4, -0.2) is 38.0 Å². The molecule has 0 aliphatic carbocycles. The van der Waals surface area contributed by atoms with Crippen molar-refractivity contribution in [1.29, 1.82) is 0 Å². The first-order chi connectivity index (χ1) is 8.77. The van der Waals surface area contributed by atoms with Crippen molar-refractivity contribution in [3.8, 4) is 11.5 Å². The van der Waals surface area contributed by atoms with E-state index in [9.17, 15) is 5.11 Å². The molecule has 1 unspecified atom stereocenters. The average Bonchev–Trinajstić information content (AvgIpc) is 2.41. The van der Waals surface area contributed by atoms with E-state index < -0.39 is 6.10 Å². The largest absolute Gasteiger partial charge is 0.493 e. The topological polar surface area (TPSA) is 50.7 Å². The van der Waals surface area contributed by atoms with E-state index in [-0.39, 0.29) is 6.61 Å². The molecule has 0 radical (unpaired) electrons. The number of aliphatic hydroxyl groups excluding tert-OH is 1. The molecule has 100 valence electrons. The first-order valence-electron chi connectivity index (χ1n) is 6.03. The van der Waals surface area contributed by atoms with E-state index in [0.717, 1.165) is 13.0 Å². The van der Waals surface area contributed by atoms with Crippen LogP contribution in [-0.2, 0) is 0 Å². The predicted octanol–water partition coefficient (Wildman–Crippen LogP) is 1.60. The van der Waals surface area contributed by atoms with Gasteiger partial charge < -0.3 is 19.9 Å². The summed E-state index contributed by atoms with van der Waals surface area (Å²) in [6.45, 7) is 5.19. The minimum atomic E-state index is -0.542. The summed E-state index contributed by atoms with van der Waals surface area (Å²) in [7, 11) is 1.59. The fourth-order valence-corrected chi connectivity index (χ4v) is 1.46. The number of methoxy groups -OCH3 is 1. The summed E-state index contributed by atoms with van der Waals surface area (Å²) in [6, 6.07) is 7.38.